The fourth-order valence-electron chi connectivity index (χ4n) is 1.82. The lowest BCUT2D eigenvalue weighted by atomic mass is 9.98. The predicted molar refractivity (Wildman–Crippen MR) is 83.1 cm³/mol. The molecule has 0 saturated carbocycles. The monoisotopic (exact) mass is 278 g/mol. The van der Waals surface area contributed by atoms with Crippen LogP contribution in [0.5, 0.6) is 0 Å². The zero-order valence-electron chi connectivity index (χ0n) is 11.8. The highest BCUT2D eigenvalue weighted by Crippen LogP contribution is 2.11. The van der Waals surface area contributed by atoms with Gasteiger partial charge in [-0.05, 0) is 32.3 Å². The summed E-state index contributed by atoms with van der Waals surface area (Å²) in [5.41, 5.74) is 7.47. The Hall–Kier alpha value is -1.42. The van der Waals surface area contributed by atoms with Crippen molar-refractivity contribution in [3.8, 4) is 0 Å². The summed E-state index contributed by atoms with van der Waals surface area (Å²) >= 11 is 5.01. The van der Waals surface area contributed by atoms with E-state index < -0.39 is 5.54 Å². The third-order valence-electron chi connectivity index (χ3n) is 3.39. The number of nitrogens with one attached hydrogen (secondary N) is 1. The highest BCUT2D eigenvalue weighted by molar-refractivity contribution is 7.80. The third kappa shape index (κ3) is 4.63. The lowest BCUT2D eigenvalue weighted by Gasteiger charge is -2.28. The molecule has 0 heterocycles. The first-order valence-electron chi connectivity index (χ1n) is 6.54. The Morgan fingerprint density at radius 3 is 2.68 bits per heavy atom. The Morgan fingerprint density at radius 1 is 1.47 bits per heavy atom. The molecule has 1 aromatic rings. The van der Waals surface area contributed by atoms with Gasteiger partial charge in [-0.25, -0.2) is 0 Å². The van der Waals surface area contributed by atoms with Gasteiger partial charge in [0.1, 0.15) is 0 Å². The fourth-order valence-corrected chi connectivity index (χ4v) is 2.02. The van der Waals surface area contributed by atoms with E-state index in [0.29, 0.717) is 17.8 Å². The molecule has 0 spiro atoms. The Labute approximate surface area is 120 Å². The highest BCUT2D eigenvalue weighted by atomic mass is 32.1. The molecular weight excluding hydrogens is 256 g/mol. The van der Waals surface area contributed by atoms with Gasteiger partial charge in [0.05, 0.1) is 10.5 Å². The summed E-state index contributed by atoms with van der Waals surface area (Å²) in [6.07, 6.45) is 1.87. The second-order valence-corrected chi connectivity index (χ2v) is 5.53. The van der Waals surface area contributed by atoms with Crippen molar-refractivity contribution in [2.45, 2.75) is 45.6 Å². The summed E-state index contributed by atoms with van der Waals surface area (Å²) in [5, 5.41) is 2.92. The quantitative estimate of drug-likeness (QED) is 0.786. The molecule has 0 bridgehead atoms. The standard InChI is InChI=1S/C15H22N2OS/c1-4-15(3,14(16)19)17-13(18)9-8-12-7-5-6-11(2)10-12/h5-7,10H,4,8-9H2,1-3H3,(H2,16,19)(H,17,18). The van der Waals surface area contributed by atoms with E-state index in [-0.39, 0.29) is 5.91 Å². The van der Waals surface area contributed by atoms with Crippen LogP contribution in [-0.2, 0) is 11.2 Å². The molecule has 3 N–H and O–H groups in total. The van der Waals surface area contributed by atoms with E-state index >= 15 is 0 Å². The van der Waals surface area contributed by atoms with Crippen LogP contribution in [0.3, 0.4) is 0 Å². The van der Waals surface area contributed by atoms with E-state index in [0.717, 1.165) is 6.42 Å². The second-order valence-electron chi connectivity index (χ2n) is 5.09. The van der Waals surface area contributed by atoms with Crippen LogP contribution in [-0.4, -0.2) is 16.4 Å². The van der Waals surface area contributed by atoms with E-state index in [1.54, 1.807) is 0 Å². The van der Waals surface area contributed by atoms with Crippen molar-refractivity contribution in [3.63, 3.8) is 0 Å². The van der Waals surface area contributed by atoms with Crippen LogP contribution in [0.15, 0.2) is 24.3 Å². The molecule has 1 aromatic carbocycles. The summed E-state index contributed by atoms with van der Waals surface area (Å²) in [7, 11) is 0. The average molecular weight is 278 g/mol. The number of rotatable bonds is 6. The number of hydrogen-bond donors (Lipinski definition) is 2. The summed E-state index contributed by atoms with van der Waals surface area (Å²) < 4.78 is 0. The van der Waals surface area contributed by atoms with Gasteiger partial charge in [-0.2, -0.15) is 0 Å². The molecule has 104 valence electrons. The number of amides is 1. The Kier molecular flexibility index (Phi) is 5.48. The summed E-state index contributed by atoms with van der Waals surface area (Å²) in [5.74, 6) is -0.0151. The summed E-state index contributed by atoms with van der Waals surface area (Å²) in [6.45, 7) is 5.87. The number of carbonyl (C=O) groups is 1. The second kappa shape index (κ2) is 6.66. The summed E-state index contributed by atoms with van der Waals surface area (Å²) in [6, 6.07) is 8.19. The Bertz CT molecular complexity index is 473. The zero-order chi connectivity index (χ0) is 14.5. The first-order chi connectivity index (χ1) is 8.87. The first-order valence-corrected chi connectivity index (χ1v) is 6.94. The van der Waals surface area contributed by atoms with E-state index in [1.165, 1.54) is 11.1 Å². The van der Waals surface area contributed by atoms with Crippen LogP contribution >= 0.6 is 12.2 Å². The van der Waals surface area contributed by atoms with Crippen LogP contribution in [0.2, 0.25) is 0 Å². The predicted octanol–water partition coefficient (Wildman–Crippen LogP) is 2.50. The smallest absolute Gasteiger partial charge is 0.221 e. The van der Waals surface area contributed by atoms with Crippen molar-refractivity contribution in [3.05, 3.63) is 35.4 Å². The van der Waals surface area contributed by atoms with Gasteiger partial charge in [0.2, 0.25) is 5.91 Å². The van der Waals surface area contributed by atoms with E-state index in [4.69, 9.17) is 18.0 Å². The van der Waals surface area contributed by atoms with Crippen LogP contribution in [0.25, 0.3) is 0 Å². The number of carbonyl (C=O) groups excluding carboxylic acids is 1. The maximum atomic E-state index is 12.0. The van der Waals surface area contributed by atoms with Gasteiger partial charge in [-0.15, -0.1) is 0 Å². The minimum absolute atomic E-state index is 0.0151. The molecule has 0 fully saturated rings. The lowest BCUT2D eigenvalue weighted by Crippen LogP contribution is -2.54. The SMILES string of the molecule is CCC(C)(NC(=O)CCc1cccc(C)c1)C(N)=S. The number of thiocarbonyl (C=S) groups is 1. The van der Waals surface area contributed by atoms with Gasteiger partial charge in [0.15, 0.2) is 0 Å². The van der Waals surface area contributed by atoms with Crippen molar-refractivity contribution in [1.29, 1.82) is 0 Å². The topological polar surface area (TPSA) is 55.1 Å². The lowest BCUT2D eigenvalue weighted by molar-refractivity contribution is -0.122. The number of benzene rings is 1. The molecular formula is C15H22N2OS. The molecule has 3 nitrogen and oxygen atoms in total. The van der Waals surface area contributed by atoms with Gasteiger partial charge in [0.25, 0.3) is 0 Å². The Morgan fingerprint density at radius 2 is 2.16 bits per heavy atom. The van der Waals surface area contributed by atoms with Crippen molar-refractivity contribution < 1.29 is 4.79 Å². The van der Waals surface area contributed by atoms with Gasteiger partial charge >= 0.3 is 0 Å². The van der Waals surface area contributed by atoms with E-state index in [9.17, 15) is 4.79 Å². The van der Waals surface area contributed by atoms with Crippen molar-refractivity contribution >= 4 is 23.1 Å². The molecule has 1 unspecified atom stereocenters. The van der Waals surface area contributed by atoms with Gasteiger partial charge < -0.3 is 11.1 Å². The minimum Gasteiger partial charge on any atom is -0.391 e. The first kappa shape index (κ1) is 15.6. The Balaban J connectivity index is 2.54. The van der Waals surface area contributed by atoms with E-state index in [1.807, 2.05) is 39.0 Å². The van der Waals surface area contributed by atoms with Crippen molar-refractivity contribution in [2.24, 2.45) is 5.73 Å². The number of hydrogen-bond acceptors (Lipinski definition) is 2. The van der Waals surface area contributed by atoms with Crippen molar-refractivity contribution in [1.82, 2.24) is 5.32 Å². The van der Waals surface area contributed by atoms with E-state index in [2.05, 4.69) is 11.4 Å². The third-order valence-corrected chi connectivity index (χ3v) is 3.84. The van der Waals surface area contributed by atoms with Crippen LogP contribution < -0.4 is 11.1 Å². The van der Waals surface area contributed by atoms with Crippen LogP contribution in [0.1, 0.15) is 37.8 Å². The number of nitrogens with two attached hydrogens (primary N) is 1. The normalized spacial score (nSPS) is 13.6. The highest BCUT2D eigenvalue weighted by Gasteiger charge is 2.27. The van der Waals surface area contributed by atoms with Gasteiger partial charge in [0, 0.05) is 6.42 Å². The molecule has 0 aliphatic carbocycles. The number of aryl methyl sites for hydroxylation is 2. The maximum absolute atomic E-state index is 12.0. The molecule has 0 aromatic heterocycles. The molecule has 0 radical (unpaired) electrons. The van der Waals surface area contributed by atoms with Crippen LogP contribution in [0, 0.1) is 6.92 Å². The molecule has 19 heavy (non-hydrogen) atoms. The molecule has 4 heteroatoms. The van der Waals surface area contributed by atoms with Crippen molar-refractivity contribution in [2.75, 3.05) is 0 Å². The van der Waals surface area contributed by atoms with Crippen LogP contribution in [0.4, 0.5) is 0 Å². The fraction of sp³-hybridized carbons (Fsp3) is 0.467. The maximum Gasteiger partial charge on any atom is 0.221 e. The molecule has 0 saturated heterocycles. The minimum atomic E-state index is -0.584. The average Bonchev–Trinajstić information content (AvgIpc) is 2.36. The molecule has 1 amide bonds. The molecule has 1 rings (SSSR count). The molecule has 0 aliphatic rings. The summed E-state index contributed by atoms with van der Waals surface area (Å²) in [4.78, 5) is 12.3. The zero-order valence-corrected chi connectivity index (χ0v) is 12.6. The van der Waals surface area contributed by atoms with Gasteiger partial charge in [-0.1, -0.05) is 49.0 Å². The molecule has 0 aliphatic heterocycles. The largest absolute Gasteiger partial charge is 0.391 e. The molecule has 1 atom stereocenters. The van der Waals surface area contributed by atoms with Gasteiger partial charge in [-0.3, -0.25) is 4.79 Å².